The summed E-state index contributed by atoms with van der Waals surface area (Å²) in [7, 11) is 0. The van der Waals surface area contributed by atoms with Crippen LogP contribution in [-0.2, 0) is 6.42 Å². The van der Waals surface area contributed by atoms with Gasteiger partial charge in [-0.15, -0.1) is 0 Å². The highest BCUT2D eigenvalue weighted by Crippen LogP contribution is 2.19. The van der Waals surface area contributed by atoms with E-state index in [2.05, 4.69) is 6.92 Å². The third kappa shape index (κ3) is 3.27. The number of aryl methyl sites for hydroxylation is 3. The predicted octanol–water partition coefficient (Wildman–Crippen LogP) is 4.13. The van der Waals surface area contributed by atoms with E-state index < -0.39 is 0 Å². The third-order valence-electron chi connectivity index (χ3n) is 3.39. The van der Waals surface area contributed by atoms with Gasteiger partial charge in [0.05, 0.1) is 0 Å². The van der Waals surface area contributed by atoms with Crippen LogP contribution in [0.5, 0.6) is 5.75 Å². The molecule has 0 amide bonds. The molecule has 20 heavy (non-hydrogen) atoms. The lowest BCUT2D eigenvalue weighted by Crippen LogP contribution is -2.13. The number of carbonyl (C=O) groups excluding carboxylic acids is 1. The van der Waals surface area contributed by atoms with Crippen molar-refractivity contribution in [3.63, 3.8) is 0 Å². The van der Waals surface area contributed by atoms with Crippen LogP contribution in [-0.4, -0.2) is 12.4 Å². The van der Waals surface area contributed by atoms with Crippen molar-refractivity contribution in [2.75, 3.05) is 6.61 Å². The highest BCUT2D eigenvalue weighted by Gasteiger charge is 2.11. The van der Waals surface area contributed by atoms with E-state index in [1.165, 1.54) is 0 Å². The first-order chi connectivity index (χ1) is 9.61. The molecule has 0 atom stereocenters. The molecule has 2 aromatic rings. The van der Waals surface area contributed by atoms with Crippen LogP contribution in [0.4, 0.5) is 0 Å². The van der Waals surface area contributed by atoms with E-state index in [0.29, 0.717) is 0 Å². The molecule has 2 nitrogen and oxygen atoms in total. The summed E-state index contributed by atoms with van der Waals surface area (Å²) in [6.45, 7) is 6.14. The molecule has 0 aliphatic heterocycles. The topological polar surface area (TPSA) is 26.3 Å². The number of ether oxygens (including phenoxy) is 1. The zero-order chi connectivity index (χ0) is 14.5. The van der Waals surface area contributed by atoms with Gasteiger partial charge in [-0.05, 0) is 37.5 Å². The lowest BCUT2D eigenvalue weighted by molar-refractivity contribution is 0.0920. The normalized spacial score (nSPS) is 10.3. The fourth-order valence-electron chi connectivity index (χ4n) is 2.28. The van der Waals surface area contributed by atoms with Gasteiger partial charge in [0.15, 0.2) is 12.4 Å². The van der Waals surface area contributed by atoms with E-state index in [0.717, 1.165) is 34.4 Å². The lowest BCUT2D eigenvalue weighted by atomic mass is 10.0. The maximum absolute atomic E-state index is 12.2. The van der Waals surface area contributed by atoms with E-state index in [9.17, 15) is 4.79 Å². The second kappa shape index (κ2) is 6.38. The average Bonchev–Trinajstić information content (AvgIpc) is 2.45. The molecule has 0 aliphatic rings. The van der Waals surface area contributed by atoms with Gasteiger partial charge in [-0.3, -0.25) is 4.79 Å². The van der Waals surface area contributed by atoms with E-state index in [1.807, 2.05) is 56.3 Å². The second-order valence-corrected chi connectivity index (χ2v) is 4.99. The Morgan fingerprint density at radius 2 is 1.85 bits per heavy atom. The number of para-hydroxylation sites is 1. The molecule has 0 N–H and O–H groups in total. The maximum Gasteiger partial charge on any atom is 0.200 e. The Balaban J connectivity index is 2.09. The number of hydrogen-bond acceptors (Lipinski definition) is 2. The first kappa shape index (κ1) is 14.3. The highest BCUT2D eigenvalue weighted by molar-refractivity contribution is 5.98. The molecule has 0 saturated heterocycles. The van der Waals surface area contributed by atoms with E-state index >= 15 is 0 Å². The summed E-state index contributed by atoms with van der Waals surface area (Å²) in [6, 6.07) is 13.7. The van der Waals surface area contributed by atoms with Crippen LogP contribution in [0.15, 0.2) is 42.5 Å². The standard InChI is InChI=1S/C18H20O2/c1-4-15-7-5-6-8-18(15)20-12-17(19)16-10-9-13(2)11-14(16)3/h5-11H,4,12H2,1-3H3. The van der Waals surface area contributed by atoms with Crippen LogP contribution < -0.4 is 4.74 Å². The first-order valence-corrected chi connectivity index (χ1v) is 6.93. The van der Waals surface area contributed by atoms with Crippen molar-refractivity contribution in [1.29, 1.82) is 0 Å². The fourth-order valence-corrected chi connectivity index (χ4v) is 2.28. The van der Waals surface area contributed by atoms with Gasteiger partial charge in [-0.2, -0.15) is 0 Å². The average molecular weight is 268 g/mol. The first-order valence-electron chi connectivity index (χ1n) is 6.93. The SMILES string of the molecule is CCc1ccccc1OCC(=O)c1ccc(C)cc1C. The van der Waals surface area contributed by atoms with Crippen molar-refractivity contribution in [3.05, 3.63) is 64.7 Å². The Hall–Kier alpha value is -2.09. The molecular weight excluding hydrogens is 248 g/mol. The van der Waals surface area contributed by atoms with Crippen LogP contribution in [0.3, 0.4) is 0 Å². The molecule has 2 aromatic carbocycles. The summed E-state index contributed by atoms with van der Waals surface area (Å²) in [5, 5.41) is 0. The molecule has 104 valence electrons. The van der Waals surface area contributed by atoms with Gasteiger partial charge < -0.3 is 4.74 Å². The molecule has 0 bridgehead atoms. The number of benzene rings is 2. The fraction of sp³-hybridized carbons (Fsp3) is 0.278. The van der Waals surface area contributed by atoms with Crippen molar-refractivity contribution >= 4 is 5.78 Å². The van der Waals surface area contributed by atoms with Gasteiger partial charge in [-0.25, -0.2) is 0 Å². The summed E-state index contributed by atoms with van der Waals surface area (Å²) < 4.78 is 5.68. The second-order valence-electron chi connectivity index (χ2n) is 4.99. The quantitative estimate of drug-likeness (QED) is 0.762. The molecule has 0 saturated carbocycles. The van der Waals surface area contributed by atoms with Crippen molar-refractivity contribution in [2.24, 2.45) is 0 Å². The Bertz CT molecular complexity index is 615. The van der Waals surface area contributed by atoms with Crippen molar-refractivity contribution in [1.82, 2.24) is 0 Å². The molecule has 0 radical (unpaired) electrons. The van der Waals surface area contributed by atoms with Crippen molar-refractivity contribution in [2.45, 2.75) is 27.2 Å². The van der Waals surface area contributed by atoms with Gasteiger partial charge in [0, 0.05) is 5.56 Å². The third-order valence-corrected chi connectivity index (χ3v) is 3.39. The summed E-state index contributed by atoms with van der Waals surface area (Å²) in [4.78, 5) is 12.2. The Kier molecular flexibility index (Phi) is 4.57. The Morgan fingerprint density at radius 3 is 2.55 bits per heavy atom. The number of carbonyl (C=O) groups is 1. The van der Waals surface area contributed by atoms with E-state index in [4.69, 9.17) is 4.74 Å². The van der Waals surface area contributed by atoms with Crippen molar-refractivity contribution in [3.8, 4) is 5.75 Å². The smallest absolute Gasteiger partial charge is 0.200 e. The van der Waals surface area contributed by atoms with Crippen LogP contribution in [0.25, 0.3) is 0 Å². The van der Waals surface area contributed by atoms with E-state index in [-0.39, 0.29) is 12.4 Å². The van der Waals surface area contributed by atoms with Crippen LogP contribution in [0.2, 0.25) is 0 Å². The van der Waals surface area contributed by atoms with Gasteiger partial charge in [0.2, 0.25) is 0 Å². The highest BCUT2D eigenvalue weighted by atomic mass is 16.5. The molecule has 2 heteroatoms. The summed E-state index contributed by atoms with van der Waals surface area (Å²) in [6.07, 6.45) is 0.897. The van der Waals surface area contributed by atoms with Gasteiger partial charge >= 0.3 is 0 Å². The summed E-state index contributed by atoms with van der Waals surface area (Å²) >= 11 is 0. The zero-order valence-corrected chi connectivity index (χ0v) is 12.3. The largest absolute Gasteiger partial charge is 0.485 e. The van der Waals surface area contributed by atoms with Gasteiger partial charge in [0.1, 0.15) is 5.75 Å². The van der Waals surface area contributed by atoms with Gasteiger partial charge in [-0.1, -0.05) is 48.9 Å². The molecule has 0 spiro atoms. The lowest BCUT2D eigenvalue weighted by Gasteiger charge is -2.11. The maximum atomic E-state index is 12.2. The molecular formula is C18H20O2. The molecule has 0 aromatic heterocycles. The number of rotatable bonds is 5. The number of hydrogen-bond donors (Lipinski definition) is 0. The zero-order valence-electron chi connectivity index (χ0n) is 12.3. The summed E-state index contributed by atoms with van der Waals surface area (Å²) in [5.74, 6) is 0.821. The molecule has 2 rings (SSSR count). The summed E-state index contributed by atoms with van der Waals surface area (Å²) in [5.41, 5.74) is 4.03. The molecule has 0 unspecified atom stereocenters. The molecule has 0 heterocycles. The van der Waals surface area contributed by atoms with Crippen LogP contribution >= 0.6 is 0 Å². The van der Waals surface area contributed by atoms with Crippen LogP contribution in [0, 0.1) is 13.8 Å². The Morgan fingerprint density at radius 1 is 1.10 bits per heavy atom. The monoisotopic (exact) mass is 268 g/mol. The minimum atomic E-state index is 0.0217. The van der Waals surface area contributed by atoms with Crippen LogP contribution in [0.1, 0.15) is 34.0 Å². The molecule has 0 fully saturated rings. The minimum Gasteiger partial charge on any atom is -0.485 e. The Labute approximate surface area is 120 Å². The van der Waals surface area contributed by atoms with E-state index in [1.54, 1.807) is 0 Å². The van der Waals surface area contributed by atoms with Crippen molar-refractivity contribution < 1.29 is 9.53 Å². The molecule has 0 aliphatic carbocycles. The number of Topliss-reactive ketones (excluding diaryl/α,β-unsaturated/α-hetero) is 1. The van der Waals surface area contributed by atoms with Gasteiger partial charge in [0.25, 0.3) is 0 Å². The predicted molar refractivity (Wildman–Crippen MR) is 81.6 cm³/mol. The minimum absolute atomic E-state index is 0.0217. The number of ketones is 1.